The number of Topliss-reactive ketones (excluding diaryl/α,β-unsaturated/α-hetero) is 1. The highest BCUT2D eigenvalue weighted by atomic mass is 16.6. The minimum absolute atomic E-state index is 0.0199. The Labute approximate surface area is 149 Å². The molecule has 0 aliphatic carbocycles. The van der Waals surface area contributed by atoms with Gasteiger partial charge in [-0.25, -0.2) is 0 Å². The summed E-state index contributed by atoms with van der Waals surface area (Å²) >= 11 is 0. The zero-order valence-electron chi connectivity index (χ0n) is 15.1. The molecule has 0 aromatic rings. The molecular formula is C18H34O7. The van der Waals surface area contributed by atoms with Crippen molar-refractivity contribution in [3.63, 3.8) is 0 Å². The predicted molar refractivity (Wildman–Crippen MR) is 91.8 cm³/mol. The van der Waals surface area contributed by atoms with E-state index in [1.54, 1.807) is 0 Å². The maximum absolute atomic E-state index is 12.4. The lowest BCUT2D eigenvalue weighted by Gasteiger charge is -2.45. The fraction of sp³-hybridized carbons (Fsp3) is 0.944. The number of unbranched alkanes of at least 4 members (excludes halogenated alkanes) is 8. The Bertz CT molecular complexity index is 386. The Morgan fingerprint density at radius 1 is 0.960 bits per heavy atom. The second kappa shape index (κ2) is 11.2. The van der Waals surface area contributed by atoms with Crippen molar-refractivity contribution in [3.05, 3.63) is 0 Å². The molecule has 0 aromatic heterocycles. The minimum Gasteiger partial charge on any atom is -0.394 e. The molecule has 1 fully saturated rings. The Kier molecular flexibility index (Phi) is 10.1. The van der Waals surface area contributed by atoms with Gasteiger partial charge in [0.15, 0.2) is 17.7 Å². The van der Waals surface area contributed by atoms with Gasteiger partial charge >= 0.3 is 0 Å². The number of ether oxygens (including phenoxy) is 1. The molecule has 0 saturated carbocycles. The molecule has 1 rings (SSSR count). The van der Waals surface area contributed by atoms with E-state index >= 15 is 0 Å². The number of aliphatic hydroxyl groups excluding tert-OH is 4. The van der Waals surface area contributed by atoms with E-state index in [4.69, 9.17) is 4.74 Å². The van der Waals surface area contributed by atoms with Gasteiger partial charge in [0, 0.05) is 6.42 Å². The largest absolute Gasteiger partial charge is 0.394 e. The monoisotopic (exact) mass is 362 g/mol. The smallest absolute Gasteiger partial charge is 0.184 e. The zero-order chi connectivity index (χ0) is 18.9. The van der Waals surface area contributed by atoms with Gasteiger partial charge in [0.25, 0.3) is 0 Å². The van der Waals surface area contributed by atoms with Crippen LogP contribution in [0.25, 0.3) is 0 Å². The summed E-state index contributed by atoms with van der Waals surface area (Å²) in [4.78, 5) is 12.4. The average Bonchev–Trinajstić information content (AvgIpc) is 2.61. The van der Waals surface area contributed by atoms with Crippen molar-refractivity contribution in [1.29, 1.82) is 0 Å². The van der Waals surface area contributed by atoms with Gasteiger partial charge in [-0.1, -0.05) is 58.3 Å². The quantitative estimate of drug-likeness (QED) is 0.322. The molecule has 148 valence electrons. The summed E-state index contributed by atoms with van der Waals surface area (Å²) < 4.78 is 4.87. The maximum atomic E-state index is 12.4. The van der Waals surface area contributed by atoms with Gasteiger partial charge in [-0.2, -0.15) is 0 Å². The first-order chi connectivity index (χ1) is 11.9. The Balaban J connectivity index is 2.36. The summed E-state index contributed by atoms with van der Waals surface area (Å²) in [6, 6.07) is 0. The van der Waals surface area contributed by atoms with E-state index in [2.05, 4.69) is 6.92 Å². The number of carbonyl (C=O) groups excluding carboxylic acids is 1. The molecular weight excluding hydrogens is 328 g/mol. The molecule has 5 N–H and O–H groups in total. The second-order valence-corrected chi connectivity index (χ2v) is 6.96. The molecule has 1 saturated heterocycles. The summed E-state index contributed by atoms with van der Waals surface area (Å²) in [6.07, 6.45) is 2.75. The summed E-state index contributed by atoms with van der Waals surface area (Å²) in [7, 11) is 0. The Morgan fingerprint density at radius 3 is 2.00 bits per heavy atom. The van der Waals surface area contributed by atoms with Gasteiger partial charge in [-0.3, -0.25) is 4.79 Å². The lowest BCUT2D eigenvalue weighted by molar-refractivity contribution is -0.311. The summed E-state index contributed by atoms with van der Waals surface area (Å²) in [5.74, 6) is -0.687. The molecule has 0 aromatic carbocycles. The highest BCUT2D eigenvalue weighted by Gasteiger charge is 2.58. The van der Waals surface area contributed by atoms with Gasteiger partial charge < -0.3 is 30.3 Å². The molecule has 1 aliphatic rings. The van der Waals surface area contributed by atoms with Crippen molar-refractivity contribution < 1.29 is 35.1 Å². The van der Waals surface area contributed by atoms with Crippen molar-refractivity contribution >= 4 is 5.78 Å². The first kappa shape index (κ1) is 22.5. The van der Waals surface area contributed by atoms with E-state index in [-0.39, 0.29) is 6.42 Å². The van der Waals surface area contributed by atoms with Gasteiger partial charge in [-0.15, -0.1) is 0 Å². The molecule has 7 heteroatoms. The minimum atomic E-state index is -2.41. The fourth-order valence-corrected chi connectivity index (χ4v) is 3.28. The zero-order valence-corrected chi connectivity index (χ0v) is 15.1. The molecule has 1 heterocycles. The molecule has 25 heavy (non-hydrogen) atoms. The van der Waals surface area contributed by atoms with Crippen LogP contribution in [0, 0.1) is 0 Å². The number of rotatable bonds is 12. The number of hydrogen-bond donors (Lipinski definition) is 5. The van der Waals surface area contributed by atoms with Crippen LogP contribution >= 0.6 is 0 Å². The maximum Gasteiger partial charge on any atom is 0.184 e. The number of carbonyl (C=O) groups is 1. The van der Waals surface area contributed by atoms with Crippen molar-refractivity contribution in [2.45, 2.75) is 101 Å². The molecule has 0 amide bonds. The lowest BCUT2D eigenvalue weighted by atomic mass is 9.79. The normalized spacial score (nSPS) is 32.7. The summed E-state index contributed by atoms with van der Waals surface area (Å²) in [6.45, 7) is 1.43. The van der Waals surface area contributed by atoms with E-state index in [1.807, 2.05) is 0 Å². The topological polar surface area (TPSA) is 127 Å². The SMILES string of the molecule is CCCCCCCCCCCC(=O)[C@@]1(O)[C@H](O)[C@@H](O)C(O)O[C@@H]1CO. The van der Waals surface area contributed by atoms with Crippen molar-refractivity contribution in [1.82, 2.24) is 0 Å². The van der Waals surface area contributed by atoms with Gasteiger partial charge in [0.2, 0.25) is 0 Å². The molecule has 1 unspecified atom stereocenters. The number of ketones is 1. The number of aliphatic hydroxyl groups is 5. The van der Waals surface area contributed by atoms with E-state index in [0.717, 1.165) is 19.3 Å². The van der Waals surface area contributed by atoms with Gasteiger partial charge in [0.1, 0.15) is 18.3 Å². The van der Waals surface area contributed by atoms with Crippen LogP contribution in [0.4, 0.5) is 0 Å². The van der Waals surface area contributed by atoms with Crippen LogP contribution in [-0.2, 0) is 9.53 Å². The van der Waals surface area contributed by atoms with Crippen molar-refractivity contribution in [2.75, 3.05) is 6.61 Å². The molecule has 7 nitrogen and oxygen atoms in total. The first-order valence-electron chi connectivity index (χ1n) is 9.45. The average molecular weight is 362 g/mol. The van der Waals surface area contributed by atoms with Crippen LogP contribution in [0.15, 0.2) is 0 Å². The molecule has 0 bridgehead atoms. The van der Waals surface area contributed by atoms with Crippen LogP contribution in [0.3, 0.4) is 0 Å². The van der Waals surface area contributed by atoms with E-state index in [0.29, 0.717) is 6.42 Å². The Morgan fingerprint density at radius 2 is 1.48 bits per heavy atom. The third-order valence-corrected chi connectivity index (χ3v) is 4.98. The van der Waals surface area contributed by atoms with Crippen LogP contribution < -0.4 is 0 Å². The molecule has 1 aliphatic heterocycles. The first-order valence-corrected chi connectivity index (χ1v) is 9.45. The fourth-order valence-electron chi connectivity index (χ4n) is 3.28. The highest BCUT2D eigenvalue weighted by molar-refractivity contribution is 5.88. The second-order valence-electron chi connectivity index (χ2n) is 6.96. The summed E-state index contributed by atoms with van der Waals surface area (Å²) in [5.41, 5.74) is -2.41. The summed E-state index contributed by atoms with van der Waals surface area (Å²) in [5, 5.41) is 48.9. The van der Waals surface area contributed by atoms with E-state index in [9.17, 15) is 30.3 Å². The molecule has 0 radical (unpaired) electrons. The number of hydrogen-bond acceptors (Lipinski definition) is 7. The van der Waals surface area contributed by atoms with Gasteiger partial charge in [-0.05, 0) is 6.42 Å². The molecule has 0 spiro atoms. The van der Waals surface area contributed by atoms with E-state index < -0.39 is 42.6 Å². The highest BCUT2D eigenvalue weighted by Crippen LogP contribution is 2.31. The van der Waals surface area contributed by atoms with Crippen LogP contribution in [0.1, 0.15) is 71.1 Å². The lowest BCUT2D eigenvalue weighted by Crippen LogP contribution is -2.70. The van der Waals surface area contributed by atoms with Crippen molar-refractivity contribution in [3.8, 4) is 0 Å². The standard InChI is InChI=1S/C18H34O7/c1-2-3-4-5-6-7-8-9-10-11-13(20)18(24)14(12-19)25-17(23)15(21)16(18)22/h14-17,19,21-24H,2-12H2,1H3/t14-,15-,16-,17?,18+/m1/s1. The van der Waals surface area contributed by atoms with Crippen LogP contribution in [0.5, 0.6) is 0 Å². The molecule has 5 atom stereocenters. The van der Waals surface area contributed by atoms with E-state index in [1.165, 1.54) is 32.1 Å². The third kappa shape index (κ3) is 5.98. The van der Waals surface area contributed by atoms with Crippen LogP contribution in [0.2, 0.25) is 0 Å². The van der Waals surface area contributed by atoms with Gasteiger partial charge in [0.05, 0.1) is 6.61 Å². The predicted octanol–water partition coefficient (Wildman–Crippen LogP) is 0.639. The third-order valence-electron chi connectivity index (χ3n) is 4.98. The Hall–Kier alpha value is -0.570. The van der Waals surface area contributed by atoms with Crippen molar-refractivity contribution in [2.24, 2.45) is 0 Å². The van der Waals surface area contributed by atoms with Crippen LogP contribution in [-0.4, -0.2) is 68.1 Å².